The van der Waals surface area contributed by atoms with E-state index in [4.69, 9.17) is 17.3 Å². The number of pyridine rings is 1. The molecule has 7 nitrogen and oxygen atoms in total. The number of aromatic nitrogens is 1. The minimum atomic E-state index is -0.279. The summed E-state index contributed by atoms with van der Waals surface area (Å²) >= 11 is 6.23. The van der Waals surface area contributed by atoms with E-state index in [1.165, 1.54) is 30.7 Å². The molecule has 2 aromatic rings. The highest BCUT2D eigenvalue weighted by Crippen LogP contribution is 2.23. The van der Waals surface area contributed by atoms with E-state index >= 15 is 0 Å². The van der Waals surface area contributed by atoms with Gasteiger partial charge in [-0.15, -0.1) is 0 Å². The molecule has 32 heavy (non-hydrogen) atoms. The van der Waals surface area contributed by atoms with Gasteiger partial charge in [-0.05, 0) is 43.1 Å². The van der Waals surface area contributed by atoms with Gasteiger partial charge >= 0.3 is 0 Å². The normalized spacial score (nSPS) is 16.7. The highest BCUT2D eigenvalue weighted by Gasteiger charge is 2.21. The summed E-state index contributed by atoms with van der Waals surface area (Å²) in [7, 11) is 0. The molecule has 1 aromatic heterocycles. The lowest BCUT2D eigenvalue weighted by Crippen LogP contribution is -2.37. The molecule has 1 aliphatic heterocycles. The summed E-state index contributed by atoms with van der Waals surface area (Å²) in [6, 6.07) is 7.81. The molecular weight excluding hydrogens is 431 g/mol. The van der Waals surface area contributed by atoms with Crippen molar-refractivity contribution in [1.29, 1.82) is 0 Å². The van der Waals surface area contributed by atoms with Crippen molar-refractivity contribution in [2.24, 2.45) is 16.6 Å². The Hall–Kier alpha value is -3.23. The van der Waals surface area contributed by atoms with Crippen molar-refractivity contribution in [1.82, 2.24) is 15.6 Å². The highest BCUT2D eigenvalue weighted by atomic mass is 35.5. The minimum Gasteiger partial charge on any atom is -0.397 e. The summed E-state index contributed by atoms with van der Waals surface area (Å²) in [5, 5.41) is 9.47. The Bertz CT molecular complexity index is 1020. The second-order valence-electron chi connectivity index (χ2n) is 7.45. The number of nitrogens with one attached hydrogen (secondary N) is 3. The van der Waals surface area contributed by atoms with Crippen molar-refractivity contribution >= 4 is 35.2 Å². The van der Waals surface area contributed by atoms with E-state index in [-0.39, 0.29) is 17.6 Å². The number of nitrogens with two attached hydrogens (primary N) is 1. The van der Waals surface area contributed by atoms with Crippen molar-refractivity contribution in [3.05, 3.63) is 77.0 Å². The number of aliphatic imine (C=N–C) groups is 1. The van der Waals surface area contributed by atoms with Crippen molar-refractivity contribution in [3.63, 3.8) is 0 Å². The van der Waals surface area contributed by atoms with Crippen LogP contribution >= 0.6 is 11.6 Å². The van der Waals surface area contributed by atoms with E-state index in [1.807, 2.05) is 0 Å². The number of halogens is 2. The van der Waals surface area contributed by atoms with E-state index in [0.717, 1.165) is 24.9 Å². The van der Waals surface area contributed by atoms with Gasteiger partial charge in [0.25, 0.3) is 0 Å². The van der Waals surface area contributed by atoms with E-state index in [9.17, 15) is 9.18 Å². The molecule has 0 aliphatic carbocycles. The molecule has 1 aromatic carbocycles. The third-order valence-electron chi connectivity index (χ3n) is 4.96. The molecule has 1 amide bonds. The zero-order valence-corrected chi connectivity index (χ0v) is 18.3. The van der Waals surface area contributed by atoms with Gasteiger partial charge in [0.05, 0.1) is 22.8 Å². The molecule has 168 valence electrons. The van der Waals surface area contributed by atoms with Gasteiger partial charge in [0.1, 0.15) is 11.6 Å². The van der Waals surface area contributed by atoms with Crippen LogP contribution in [-0.2, 0) is 11.3 Å². The Labute approximate surface area is 191 Å². The summed E-state index contributed by atoms with van der Waals surface area (Å²) in [5.41, 5.74) is 8.44. The fraction of sp³-hybridized carbons (Fsp3) is 0.261. The van der Waals surface area contributed by atoms with Crippen molar-refractivity contribution in [3.8, 4) is 0 Å². The lowest BCUT2D eigenvalue weighted by atomic mass is 9.99. The van der Waals surface area contributed by atoms with Gasteiger partial charge in [0, 0.05) is 36.8 Å². The van der Waals surface area contributed by atoms with Crippen LogP contribution in [0.25, 0.3) is 5.70 Å². The molecule has 1 saturated heterocycles. The standard InChI is InChI=1S/C23H26ClFN6O/c1-15(29-11-16-4-6-18(25)7-5-16)10-28-14-21(26)19-9-22(30-13-20(19)24)31-23(32)17-3-2-8-27-12-17/h4-7,9-10,13-14,17,27,29H,1-3,8,11-12,26H2,(H,30,31,32)/b21-14-,28-10-/t17-/m1/s1. The number of carbonyl (C=O) groups excluding carboxylic acids is 1. The second kappa shape index (κ2) is 11.4. The van der Waals surface area contributed by atoms with Gasteiger partial charge in [0.15, 0.2) is 0 Å². The van der Waals surface area contributed by atoms with Crippen LogP contribution in [-0.4, -0.2) is 30.2 Å². The van der Waals surface area contributed by atoms with Crippen LogP contribution in [0.15, 0.2) is 60.0 Å². The maximum Gasteiger partial charge on any atom is 0.229 e. The topological polar surface area (TPSA) is 104 Å². The Kier molecular flexibility index (Phi) is 8.35. The predicted molar refractivity (Wildman–Crippen MR) is 127 cm³/mol. The van der Waals surface area contributed by atoms with Crippen LogP contribution < -0.4 is 21.7 Å². The van der Waals surface area contributed by atoms with Crippen LogP contribution in [0, 0.1) is 11.7 Å². The number of allylic oxidation sites excluding steroid dienone is 1. The second-order valence-corrected chi connectivity index (χ2v) is 7.86. The van der Waals surface area contributed by atoms with Crippen LogP contribution in [0.4, 0.5) is 10.2 Å². The minimum absolute atomic E-state index is 0.0814. The van der Waals surface area contributed by atoms with Crippen LogP contribution in [0.3, 0.4) is 0 Å². The number of carbonyl (C=O) groups is 1. The highest BCUT2D eigenvalue weighted by molar-refractivity contribution is 6.32. The molecule has 0 radical (unpaired) electrons. The van der Waals surface area contributed by atoms with Crippen molar-refractivity contribution < 1.29 is 9.18 Å². The van der Waals surface area contributed by atoms with Gasteiger partial charge < -0.3 is 21.7 Å². The van der Waals surface area contributed by atoms with Crippen LogP contribution in [0.5, 0.6) is 0 Å². The van der Waals surface area contributed by atoms with E-state index < -0.39 is 0 Å². The van der Waals surface area contributed by atoms with E-state index in [1.54, 1.807) is 18.2 Å². The SMILES string of the molecule is C=C(/C=N\C=C(/N)c1cc(NC(=O)[C@@H]2CCCNC2)ncc1Cl)NCc1ccc(F)cc1. The first kappa shape index (κ1) is 23.4. The molecule has 3 rings (SSSR count). The predicted octanol–water partition coefficient (Wildman–Crippen LogP) is 3.44. The molecule has 0 unspecified atom stereocenters. The lowest BCUT2D eigenvalue weighted by molar-refractivity contribution is -0.120. The molecule has 0 bridgehead atoms. The Morgan fingerprint density at radius 2 is 2.19 bits per heavy atom. The number of benzene rings is 1. The molecule has 9 heteroatoms. The first-order valence-corrected chi connectivity index (χ1v) is 10.6. The smallest absolute Gasteiger partial charge is 0.229 e. The fourth-order valence-electron chi connectivity index (χ4n) is 3.17. The Morgan fingerprint density at radius 1 is 1.41 bits per heavy atom. The van der Waals surface area contributed by atoms with Gasteiger partial charge in [-0.2, -0.15) is 0 Å². The quantitative estimate of drug-likeness (QED) is 0.455. The number of amides is 1. The van der Waals surface area contributed by atoms with E-state index in [2.05, 4.69) is 32.5 Å². The monoisotopic (exact) mass is 456 g/mol. The molecule has 2 heterocycles. The number of hydrogen-bond acceptors (Lipinski definition) is 6. The van der Waals surface area contributed by atoms with Crippen LogP contribution in [0.2, 0.25) is 5.02 Å². The molecule has 1 aliphatic rings. The molecule has 1 atom stereocenters. The molecule has 1 fully saturated rings. The van der Waals surface area contributed by atoms with Crippen molar-refractivity contribution in [2.45, 2.75) is 19.4 Å². The fourth-order valence-corrected chi connectivity index (χ4v) is 3.39. The number of rotatable bonds is 8. The number of piperidine rings is 1. The van der Waals surface area contributed by atoms with Crippen LogP contribution in [0.1, 0.15) is 24.0 Å². The summed E-state index contributed by atoms with van der Waals surface area (Å²) < 4.78 is 13.0. The third-order valence-corrected chi connectivity index (χ3v) is 5.26. The number of anilines is 1. The third kappa shape index (κ3) is 6.90. The summed E-state index contributed by atoms with van der Waals surface area (Å²) in [4.78, 5) is 20.8. The zero-order valence-electron chi connectivity index (χ0n) is 17.6. The summed E-state index contributed by atoms with van der Waals surface area (Å²) in [6.45, 7) is 5.95. The zero-order chi connectivity index (χ0) is 22.9. The largest absolute Gasteiger partial charge is 0.397 e. The van der Waals surface area contributed by atoms with Gasteiger partial charge in [-0.3, -0.25) is 9.79 Å². The first-order chi connectivity index (χ1) is 15.4. The maximum absolute atomic E-state index is 13.0. The number of nitrogens with zero attached hydrogens (tertiary/aromatic N) is 2. The molecule has 0 saturated carbocycles. The van der Waals surface area contributed by atoms with E-state index in [0.29, 0.717) is 40.9 Å². The van der Waals surface area contributed by atoms with Gasteiger partial charge in [0.2, 0.25) is 5.91 Å². The van der Waals surface area contributed by atoms with Gasteiger partial charge in [-0.25, -0.2) is 9.37 Å². The molecule has 0 spiro atoms. The molecular formula is C23H26ClFN6O. The van der Waals surface area contributed by atoms with Gasteiger partial charge in [-0.1, -0.05) is 30.3 Å². The Morgan fingerprint density at radius 3 is 2.91 bits per heavy atom. The summed E-state index contributed by atoms with van der Waals surface area (Å²) in [5.74, 6) is -0.0680. The maximum atomic E-state index is 13.0. The van der Waals surface area contributed by atoms with Crippen molar-refractivity contribution in [2.75, 3.05) is 18.4 Å². The number of hydrogen-bond donors (Lipinski definition) is 4. The molecule has 5 N–H and O–H groups in total. The first-order valence-electron chi connectivity index (χ1n) is 10.3. The Balaban J connectivity index is 1.58. The lowest BCUT2D eigenvalue weighted by Gasteiger charge is -2.21. The average Bonchev–Trinajstić information content (AvgIpc) is 2.80. The average molecular weight is 457 g/mol. The summed E-state index contributed by atoms with van der Waals surface area (Å²) in [6.07, 6.45) is 6.22.